The number of ether oxygens (including phenoxy) is 1. The van der Waals surface area contributed by atoms with Gasteiger partial charge in [-0.2, -0.15) is 0 Å². The lowest BCUT2D eigenvalue weighted by Gasteiger charge is -2.13. The number of unbranched alkanes of at least 4 members (excludes halogenated alkanes) is 2. The molecule has 5 atom stereocenters. The van der Waals surface area contributed by atoms with Gasteiger partial charge in [-0.3, -0.25) is 0 Å². The fourth-order valence-corrected chi connectivity index (χ4v) is 3.83. The van der Waals surface area contributed by atoms with E-state index in [0.717, 1.165) is 44.3 Å². The first-order chi connectivity index (χ1) is 12.0. The molecule has 0 aromatic heterocycles. The Morgan fingerprint density at radius 1 is 1.28 bits per heavy atom. The smallest absolute Gasteiger partial charge is 0.332 e. The monoisotopic (exact) mass is 352 g/mol. The van der Waals surface area contributed by atoms with Gasteiger partial charge in [0.05, 0.1) is 11.9 Å². The number of fused-ring (bicyclic) bond motifs is 1. The second-order valence-electron chi connectivity index (χ2n) is 7.32. The van der Waals surface area contributed by atoms with Gasteiger partial charge in [0.2, 0.25) is 0 Å². The van der Waals surface area contributed by atoms with Crippen molar-refractivity contribution in [2.45, 2.75) is 83.0 Å². The average Bonchev–Trinajstić information content (AvgIpc) is 3.13. The molecular weight excluding hydrogens is 320 g/mol. The largest absolute Gasteiger partial charge is 0.495 e. The Morgan fingerprint density at radius 3 is 2.80 bits per heavy atom. The highest BCUT2D eigenvalue weighted by atomic mass is 16.5. The van der Waals surface area contributed by atoms with E-state index in [1.54, 1.807) is 0 Å². The Balaban J connectivity index is 1.77. The lowest BCUT2D eigenvalue weighted by Crippen LogP contribution is -2.18. The molecule has 3 N–H and O–H groups in total. The molecule has 1 saturated carbocycles. The van der Waals surface area contributed by atoms with E-state index in [9.17, 15) is 15.0 Å². The average molecular weight is 352 g/mol. The first-order valence-corrected chi connectivity index (χ1v) is 9.64. The summed E-state index contributed by atoms with van der Waals surface area (Å²) in [6, 6.07) is 0. The van der Waals surface area contributed by atoms with Gasteiger partial charge in [0.1, 0.15) is 6.10 Å². The van der Waals surface area contributed by atoms with Gasteiger partial charge in [0.15, 0.2) is 6.10 Å². The van der Waals surface area contributed by atoms with Crippen LogP contribution in [0.3, 0.4) is 0 Å². The number of carboxylic acid groups (broad SMARTS) is 1. The van der Waals surface area contributed by atoms with Crippen molar-refractivity contribution in [1.82, 2.24) is 0 Å². The van der Waals surface area contributed by atoms with E-state index in [0.29, 0.717) is 18.3 Å². The summed E-state index contributed by atoms with van der Waals surface area (Å²) in [5.74, 6) is 0.649. The molecule has 2 rings (SSSR count). The van der Waals surface area contributed by atoms with E-state index in [4.69, 9.17) is 9.84 Å². The van der Waals surface area contributed by atoms with E-state index >= 15 is 0 Å². The zero-order valence-electron chi connectivity index (χ0n) is 15.1. The number of hydrogen-bond donors (Lipinski definition) is 3. The molecule has 0 amide bonds. The second kappa shape index (κ2) is 9.97. The summed E-state index contributed by atoms with van der Waals surface area (Å²) in [7, 11) is 0. The predicted octanol–water partition coefficient (Wildman–Crippen LogP) is 3.41. The summed E-state index contributed by atoms with van der Waals surface area (Å²) in [4.78, 5) is 10.6. The van der Waals surface area contributed by atoms with Crippen molar-refractivity contribution < 1.29 is 24.9 Å². The van der Waals surface area contributed by atoms with Crippen LogP contribution in [0, 0.1) is 11.8 Å². The van der Waals surface area contributed by atoms with Crippen LogP contribution in [-0.2, 0) is 9.53 Å². The zero-order valence-corrected chi connectivity index (χ0v) is 15.1. The maximum atomic E-state index is 10.6. The van der Waals surface area contributed by atoms with E-state index in [-0.39, 0.29) is 18.6 Å². The first kappa shape index (κ1) is 20.0. The highest BCUT2D eigenvalue weighted by molar-refractivity contribution is 5.71. The molecule has 0 aromatic carbocycles. The molecule has 1 aliphatic heterocycles. The van der Waals surface area contributed by atoms with Gasteiger partial charge in [0.25, 0.3) is 0 Å². The Labute approximate surface area is 150 Å². The van der Waals surface area contributed by atoms with E-state index in [1.165, 1.54) is 6.42 Å². The molecule has 5 heteroatoms. The van der Waals surface area contributed by atoms with Crippen molar-refractivity contribution in [1.29, 1.82) is 0 Å². The third kappa shape index (κ3) is 6.15. The number of aliphatic hydroxyl groups excluding tert-OH is 2. The normalized spacial score (nSPS) is 29.7. The highest BCUT2D eigenvalue weighted by Gasteiger charge is 2.41. The minimum Gasteiger partial charge on any atom is -0.495 e. The van der Waals surface area contributed by atoms with E-state index in [1.807, 2.05) is 12.2 Å². The number of carbonyl (C=O) groups is 1. The first-order valence-electron chi connectivity index (χ1n) is 9.64. The van der Waals surface area contributed by atoms with Gasteiger partial charge in [-0.25, -0.2) is 4.79 Å². The van der Waals surface area contributed by atoms with Gasteiger partial charge in [0, 0.05) is 12.3 Å². The minimum atomic E-state index is -1.30. The number of carboxylic acids is 1. The molecule has 1 unspecified atom stereocenters. The van der Waals surface area contributed by atoms with Crippen LogP contribution in [0.5, 0.6) is 0 Å². The summed E-state index contributed by atoms with van der Waals surface area (Å²) in [6.07, 6.45) is 12.6. The third-order valence-electron chi connectivity index (χ3n) is 5.33. The molecule has 0 radical (unpaired) electrons. The molecule has 2 aliphatic rings. The van der Waals surface area contributed by atoms with Gasteiger partial charge in [-0.1, -0.05) is 38.3 Å². The Hall–Kier alpha value is -1.33. The van der Waals surface area contributed by atoms with Crippen LogP contribution in [0.25, 0.3) is 0 Å². The molecular formula is C20H32O5. The Bertz CT molecular complexity index is 484. The molecule has 25 heavy (non-hydrogen) atoms. The molecule has 142 valence electrons. The van der Waals surface area contributed by atoms with Crippen LogP contribution in [0.15, 0.2) is 24.0 Å². The molecule has 1 aliphatic carbocycles. The van der Waals surface area contributed by atoms with E-state index in [2.05, 4.69) is 13.0 Å². The Kier molecular flexibility index (Phi) is 7.97. The van der Waals surface area contributed by atoms with Crippen molar-refractivity contribution in [3.63, 3.8) is 0 Å². The van der Waals surface area contributed by atoms with Crippen LogP contribution in [0.4, 0.5) is 0 Å². The minimum absolute atomic E-state index is 0.213. The van der Waals surface area contributed by atoms with Crippen molar-refractivity contribution >= 4 is 5.97 Å². The summed E-state index contributed by atoms with van der Waals surface area (Å²) >= 11 is 0. The van der Waals surface area contributed by atoms with Crippen molar-refractivity contribution in [2.24, 2.45) is 11.8 Å². The maximum absolute atomic E-state index is 10.6. The topological polar surface area (TPSA) is 87.0 Å². The quantitative estimate of drug-likeness (QED) is 0.414. The van der Waals surface area contributed by atoms with Crippen LogP contribution in [0.1, 0.15) is 64.7 Å². The van der Waals surface area contributed by atoms with Crippen molar-refractivity contribution in [3.8, 4) is 0 Å². The van der Waals surface area contributed by atoms with Gasteiger partial charge >= 0.3 is 5.97 Å². The SMILES string of the molecule is CCCCC[C@H](O)C=C[C@H]1CC[C@@H]2OC(=CCCC(O)C(=O)O)C[C@@H]21. The lowest BCUT2D eigenvalue weighted by atomic mass is 9.91. The molecule has 1 saturated heterocycles. The van der Waals surface area contributed by atoms with Crippen molar-refractivity contribution in [2.75, 3.05) is 0 Å². The summed E-state index contributed by atoms with van der Waals surface area (Å²) in [6.45, 7) is 2.16. The molecule has 0 aromatic rings. The van der Waals surface area contributed by atoms with E-state index < -0.39 is 12.1 Å². The Morgan fingerprint density at radius 2 is 2.08 bits per heavy atom. The molecule has 0 spiro atoms. The van der Waals surface area contributed by atoms with Crippen molar-refractivity contribution in [3.05, 3.63) is 24.0 Å². The van der Waals surface area contributed by atoms with Gasteiger partial charge in [-0.05, 0) is 44.1 Å². The number of aliphatic hydroxyl groups is 2. The summed E-state index contributed by atoms with van der Waals surface area (Å²) in [5.41, 5.74) is 0. The fraction of sp³-hybridized carbons (Fsp3) is 0.750. The van der Waals surface area contributed by atoms with Gasteiger partial charge < -0.3 is 20.1 Å². The number of hydrogen-bond acceptors (Lipinski definition) is 4. The van der Waals surface area contributed by atoms with Crippen LogP contribution >= 0.6 is 0 Å². The van der Waals surface area contributed by atoms with Crippen LogP contribution in [0.2, 0.25) is 0 Å². The maximum Gasteiger partial charge on any atom is 0.332 e. The van der Waals surface area contributed by atoms with Gasteiger partial charge in [-0.15, -0.1) is 0 Å². The predicted molar refractivity (Wildman–Crippen MR) is 96.0 cm³/mol. The zero-order chi connectivity index (χ0) is 18.2. The molecule has 5 nitrogen and oxygen atoms in total. The van der Waals surface area contributed by atoms with Crippen LogP contribution < -0.4 is 0 Å². The summed E-state index contributed by atoms with van der Waals surface area (Å²) in [5, 5.41) is 28.0. The molecule has 2 fully saturated rings. The highest BCUT2D eigenvalue weighted by Crippen LogP contribution is 2.45. The standard InChI is InChI=1S/C20H32O5/c1-2-3-4-6-15(21)11-9-14-10-12-19-17(14)13-16(25-19)7-5-8-18(22)20(23)24/h7,9,11,14-15,17-19,21-22H,2-6,8,10,12-13H2,1H3,(H,23,24)/t14-,15-,17+,18?,19-/m0/s1. The fourth-order valence-electron chi connectivity index (χ4n) is 3.83. The lowest BCUT2D eigenvalue weighted by molar-refractivity contribution is -0.146. The number of allylic oxidation sites excluding steroid dienone is 3. The molecule has 1 heterocycles. The number of rotatable bonds is 10. The second-order valence-corrected chi connectivity index (χ2v) is 7.32. The molecule has 0 bridgehead atoms. The summed E-state index contributed by atoms with van der Waals surface area (Å²) < 4.78 is 5.98. The third-order valence-corrected chi connectivity index (χ3v) is 5.33. The number of aliphatic carboxylic acids is 1. The van der Waals surface area contributed by atoms with Crippen LogP contribution in [-0.4, -0.2) is 39.6 Å².